The van der Waals surface area contributed by atoms with Gasteiger partial charge in [0.1, 0.15) is 0 Å². The van der Waals surface area contributed by atoms with E-state index >= 15 is 0 Å². The molecule has 2 aliphatic carbocycles. The summed E-state index contributed by atoms with van der Waals surface area (Å²) in [6.45, 7) is 2.44. The zero-order chi connectivity index (χ0) is 46.4. The van der Waals surface area contributed by atoms with Crippen molar-refractivity contribution >= 4 is 49.2 Å². The van der Waals surface area contributed by atoms with E-state index in [-0.39, 0.29) is 5.54 Å². The normalized spacial score (nSPS) is 15.9. The van der Waals surface area contributed by atoms with E-state index in [0.29, 0.717) is 0 Å². The minimum atomic E-state index is -0.508. The highest BCUT2D eigenvalue weighted by molar-refractivity contribution is 6.17. The number of hydrogen-bond acceptors (Lipinski definition) is 0. The predicted octanol–water partition coefficient (Wildman–Crippen LogP) is 17.3. The van der Waals surface area contributed by atoms with Crippen molar-refractivity contribution in [1.29, 1.82) is 0 Å². The van der Waals surface area contributed by atoms with Crippen molar-refractivity contribution in [3.8, 4) is 39.1 Å². The standard InChI is InChI=1S/C68H48N2/c1-67(42-18-23-51(45-67)47-21-8-3-9-22-47)70-64-41-35-50(49-34-40-63-58(43-49)55-28-15-17-31-62(55)69(63)54-36-32-48(33-37-54)46-19-6-2-7-20-46)44-59(64)56-38-39-61-65(66(56)70)57-29-14-16-30-60(57)68(61,52-24-10-4-11-25-52)53-26-12-5-13-27-53/h2-44H,45H2,1H3. The van der Waals surface area contributed by atoms with Crippen LogP contribution in [-0.2, 0) is 11.0 Å². The van der Waals surface area contributed by atoms with Crippen molar-refractivity contribution < 1.29 is 0 Å². The second-order valence-corrected chi connectivity index (χ2v) is 19.4. The Kier molecular flexibility index (Phi) is 9.03. The van der Waals surface area contributed by atoms with Crippen molar-refractivity contribution in [1.82, 2.24) is 9.13 Å². The summed E-state index contributed by atoms with van der Waals surface area (Å²) < 4.78 is 5.12. The molecule has 70 heavy (non-hydrogen) atoms. The van der Waals surface area contributed by atoms with Gasteiger partial charge < -0.3 is 9.13 Å². The largest absolute Gasteiger partial charge is 0.330 e. The summed E-state index contributed by atoms with van der Waals surface area (Å²) in [7, 11) is 0. The quantitative estimate of drug-likeness (QED) is 0.151. The van der Waals surface area contributed by atoms with Gasteiger partial charge in [0, 0.05) is 38.3 Å². The maximum Gasteiger partial charge on any atom is 0.0714 e. The SMILES string of the molecule is CC1(n2c3ccc(-c4ccc5c(c4)c4ccccc4n5-c4ccc(-c5ccccc5)cc4)cc3c3ccc4c(c32)-c2ccccc2C4(c2ccccc2)c2ccccc2)C=CC=C(c2ccccc2)C1. The molecule has 2 aromatic heterocycles. The fourth-order valence-corrected chi connectivity index (χ4v) is 12.5. The first-order valence-electron chi connectivity index (χ1n) is 24.5. The molecule has 0 saturated heterocycles. The van der Waals surface area contributed by atoms with Crippen molar-refractivity contribution in [3.63, 3.8) is 0 Å². The number of benzene rings is 10. The van der Waals surface area contributed by atoms with E-state index in [0.717, 1.165) is 12.1 Å². The molecule has 0 N–H and O–H groups in total. The van der Waals surface area contributed by atoms with Crippen LogP contribution in [0.3, 0.4) is 0 Å². The molecular formula is C68H48N2. The molecule has 0 amide bonds. The predicted molar refractivity (Wildman–Crippen MR) is 294 cm³/mol. The number of para-hydroxylation sites is 1. The van der Waals surface area contributed by atoms with Gasteiger partial charge in [0.05, 0.1) is 27.5 Å². The Morgan fingerprint density at radius 3 is 1.64 bits per heavy atom. The van der Waals surface area contributed by atoms with Crippen molar-refractivity contribution in [2.24, 2.45) is 0 Å². The highest BCUT2D eigenvalue weighted by Gasteiger charge is 2.48. The van der Waals surface area contributed by atoms with Gasteiger partial charge in [-0.15, -0.1) is 0 Å². The van der Waals surface area contributed by atoms with Crippen LogP contribution in [0, 0.1) is 0 Å². The third kappa shape index (κ3) is 5.93. The average Bonchev–Trinajstić information content (AvgIpc) is 4.06. The summed E-state index contributed by atoms with van der Waals surface area (Å²) in [6.07, 6.45) is 7.90. The van der Waals surface area contributed by atoms with E-state index in [4.69, 9.17) is 0 Å². The van der Waals surface area contributed by atoms with Crippen molar-refractivity contribution in [2.75, 3.05) is 0 Å². The fraction of sp³-hybridized carbons (Fsp3) is 0.0588. The number of aromatic nitrogens is 2. The van der Waals surface area contributed by atoms with Crippen molar-refractivity contribution in [3.05, 3.63) is 289 Å². The highest BCUT2D eigenvalue weighted by Crippen LogP contribution is 2.59. The molecule has 2 heterocycles. The van der Waals surface area contributed by atoms with E-state index in [1.54, 1.807) is 0 Å². The van der Waals surface area contributed by atoms with Gasteiger partial charge in [-0.25, -0.2) is 0 Å². The smallest absolute Gasteiger partial charge is 0.0714 e. The van der Waals surface area contributed by atoms with Crippen LogP contribution in [0.5, 0.6) is 0 Å². The summed E-state index contributed by atoms with van der Waals surface area (Å²) in [5.41, 5.74) is 20.4. The fourth-order valence-electron chi connectivity index (χ4n) is 12.5. The van der Waals surface area contributed by atoms with Crippen LogP contribution in [0.4, 0.5) is 0 Å². The van der Waals surface area contributed by atoms with Crippen LogP contribution in [0.1, 0.15) is 41.2 Å². The van der Waals surface area contributed by atoms with Crippen LogP contribution in [0.25, 0.3) is 88.3 Å². The minimum absolute atomic E-state index is 0.379. The molecule has 12 aromatic rings. The third-order valence-corrected chi connectivity index (χ3v) is 15.5. The topological polar surface area (TPSA) is 9.86 Å². The Morgan fingerprint density at radius 2 is 0.943 bits per heavy atom. The molecule has 0 aliphatic heterocycles. The van der Waals surface area contributed by atoms with Gasteiger partial charge in [-0.05, 0) is 117 Å². The minimum Gasteiger partial charge on any atom is -0.330 e. The van der Waals surface area contributed by atoms with E-state index < -0.39 is 5.41 Å². The molecule has 10 aromatic carbocycles. The molecule has 1 unspecified atom stereocenters. The lowest BCUT2D eigenvalue weighted by molar-refractivity contribution is 0.444. The number of hydrogen-bond donors (Lipinski definition) is 0. The monoisotopic (exact) mass is 892 g/mol. The zero-order valence-electron chi connectivity index (χ0n) is 38.9. The van der Waals surface area contributed by atoms with Crippen LogP contribution >= 0.6 is 0 Å². The summed E-state index contributed by atoms with van der Waals surface area (Å²) >= 11 is 0. The second kappa shape index (κ2) is 15.7. The molecule has 0 saturated carbocycles. The first-order chi connectivity index (χ1) is 34.6. The van der Waals surface area contributed by atoms with Gasteiger partial charge in [-0.2, -0.15) is 0 Å². The molecule has 330 valence electrons. The maximum absolute atomic E-state index is 2.70. The molecule has 14 rings (SSSR count). The molecule has 2 nitrogen and oxygen atoms in total. The van der Waals surface area contributed by atoms with Crippen LogP contribution in [0.2, 0.25) is 0 Å². The van der Waals surface area contributed by atoms with E-state index in [9.17, 15) is 0 Å². The third-order valence-electron chi connectivity index (χ3n) is 15.5. The maximum atomic E-state index is 2.70. The van der Waals surface area contributed by atoms with Gasteiger partial charge in [-0.3, -0.25) is 0 Å². The summed E-state index contributed by atoms with van der Waals surface area (Å²) in [6, 6.07) is 90.1. The summed E-state index contributed by atoms with van der Waals surface area (Å²) in [5.74, 6) is 0. The Balaban J connectivity index is 0.999. The zero-order valence-corrected chi connectivity index (χ0v) is 38.9. The number of fused-ring (bicyclic) bond motifs is 10. The Labute approximate surface area is 408 Å². The molecular weight excluding hydrogens is 845 g/mol. The van der Waals surface area contributed by atoms with Gasteiger partial charge in [0.25, 0.3) is 0 Å². The summed E-state index contributed by atoms with van der Waals surface area (Å²) in [4.78, 5) is 0. The van der Waals surface area contributed by atoms with Crippen molar-refractivity contribution in [2.45, 2.75) is 24.3 Å². The first kappa shape index (κ1) is 40.4. The van der Waals surface area contributed by atoms with Gasteiger partial charge in [0.15, 0.2) is 0 Å². The average molecular weight is 893 g/mol. The Bertz CT molecular complexity index is 4020. The van der Waals surface area contributed by atoms with E-state index in [1.807, 2.05) is 0 Å². The molecule has 0 spiro atoms. The number of nitrogens with zero attached hydrogens (tertiary/aromatic N) is 2. The Hall–Kier alpha value is -8.72. The van der Waals surface area contributed by atoms with Gasteiger partial charge in [-0.1, -0.05) is 218 Å². The lowest BCUT2D eigenvalue weighted by atomic mass is 9.67. The molecule has 2 aliphatic rings. The van der Waals surface area contributed by atoms with Crippen LogP contribution in [0.15, 0.2) is 261 Å². The number of rotatable bonds is 7. The molecule has 1 atom stereocenters. The molecule has 2 heteroatoms. The van der Waals surface area contributed by atoms with Crippen LogP contribution < -0.4 is 0 Å². The van der Waals surface area contributed by atoms with E-state index in [2.05, 4.69) is 277 Å². The Morgan fingerprint density at radius 1 is 0.400 bits per heavy atom. The van der Waals surface area contributed by atoms with Gasteiger partial charge in [0.2, 0.25) is 0 Å². The molecule has 0 bridgehead atoms. The first-order valence-corrected chi connectivity index (χ1v) is 24.5. The van der Waals surface area contributed by atoms with E-state index in [1.165, 1.54) is 110 Å². The molecule has 0 radical (unpaired) electrons. The lowest BCUT2D eigenvalue weighted by Gasteiger charge is -2.35. The van der Waals surface area contributed by atoms with Gasteiger partial charge >= 0.3 is 0 Å². The van der Waals surface area contributed by atoms with Crippen LogP contribution in [-0.4, -0.2) is 9.13 Å². The lowest BCUT2D eigenvalue weighted by Crippen LogP contribution is -2.30. The highest BCUT2D eigenvalue weighted by atomic mass is 15.1. The summed E-state index contributed by atoms with van der Waals surface area (Å²) in [5, 5.41) is 5.02. The number of allylic oxidation sites excluding steroid dienone is 4. The molecule has 0 fully saturated rings. The second-order valence-electron chi connectivity index (χ2n) is 19.4.